The van der Waals surface area contributed by atoms with Crippen molar-refractivity contribution in [1.82, 2.24) is 9.97 Å². The molecule has 0 spiro atoms. The predicted octanol–water partition coefficient (Wildman–Crippen LogP) is 0.842. The maximum absolute atomic E-state index is 11.7. The van der Waals surface area contributed by atoms with E-state index in [4.69, 9.17) is 4.74 Å². The normalized spacial score (nSPS) is 20.9. The van der Waals surface area contributed by atoms with Crippen molar-refractivity contribution in [2.24, 2.45) is 5.92 Å². The number of nitrogens with one attached hydrogen (secondary N) is 1. The molecule has 1 aromatic rings. The fourth-order valence-corrected chi connectivity index (χ4v) is 1.54. The summed E-state index contributed by atoms with van der Waals surface area (Å²) >= 11 is 0. The Bertz CT molecular complexity index is 323. The van der Waals surface area contributed by atoms with Crippen molar-refractivity contribution in [1.29, 1.82) is 0 Å². The third kappa shape index (κ3) is 2.73. The van der Waals surface area contributed by atoms with Crippen molar-refractivity contribution in [2.45, 2.75) is 12.8 Å². The molecule has 5 heteroatoms. The van der Waals surface area contributed by atoms with Crippen LogP contribution in [0.2, 0.25) is 0 Å². The highest BCUT2D eigenvalue weighted by molar-refractivity contribution is 5.91. The summed E-state index contributed by atoms with van der Waals surface area (Å²) in [5, 5.41) is 2.72. The van der Waals surface area contributed by atoms with E-state index in [1.165, 1.54) is 6.20 Å². The Labute approximate surface area is 87.9 Å². The summed E-state index contributed by atoms with van der Waals surface area (Å²) in [5.41, 5.74) is 0. The highest BCUT2D eigenvalue weighted by Gasteiger charge is 2.21. The van der Waals surface area contributed by atoms with Crippen molar-refractivity contribution in [3.63, 3.8) is 0 Å². The molecule has 1 aliphatic rings. The van der Waals surface area contributed by atoms with Gasteiger partial charge in [-0.1, -0.05) is 0 Å². The summed E-state index contributed by atoms with van der Waals surface area (Å²) in [6.07, 6.45) is 6.47. The second kappa shape index (κ2) is 4.84. The van der Waals surface area contributed by atoms with E-state index in [1.807, 2.05) is 0 Å². The number of hydrogen-bond donors (Lipinski definition) is 1. The third-order valence-corrected chi connectivity index (χ3v) is 2.35. The van der Waals surface area contributed by atoms with E-state index in [0.29, 0.717) is 12.4 Å². The van der Waals surface area contributed by atoms with Gasteiger partial charge in [0.2, 0.25) is 5.91 Å². The molecule has 80 valence electrons. The lowest BCUT2D eigenvalue weighted by atomic mass is 10.0. The zero-order chi connectivity index (χ0) is 10.5. The van der Waals surface area contributed by atoms with Crippen molar-refractivity contribution in [3.8, 4) is 0 Å². The molecule has 1 aromatic heterocycles. The number of amides is 1. The summed E-state index contributed by atoms with van der Waals surface area (Å²) in [7, 11) is 0. The molecule has 1 aliphatic heterocycles. The number of aromatic nitrogens is 2. The van der Waals surface area contributed by atoms with Gasteiger partial charge in [0.1, 0.15) is 0 Å². The van der Waals surface area contributed by atoms with E-state index in [0.717, 1.165) is 19.4 Å². The predicted molar refractivity (Wildman–Crippen MR) is 54.2 cm³/mol. The van der Waals surface area contributed by atoms with E-state index in [1.54, 1.807) is 12.4 Å². The minimum atomic E-state index is -0.0549. The lowest BCUT2D eigenvalue weighted by Gasteiger charge is -2.20. The molecule has 1 atom stereocenters. The Balaban J connectivity index is 1.91. The minimum Gasteiger partial charge on any atom is -0.381 e. The van der Waals surface area contributed by atoms with Crippen LogP contribution >= 0.6 is 0 Å². The van der Waals surface area contributed by atoms with Crippen LogP contribution in [0.15, 0.2) is 18.6 Å². The molecule has 0 radical (unpaired) electrons. The number of carbonyl (C=O) groups is 1. The van der Waals surface area contributed by atoms with E-state index in [-0.39, 0.29) is 11.8 Å². The number of nitrogens with zero attached hydrogens (tertiary/aromatic N) is 2. The first-order valence-electron chi connectivity index (χ1n) is 5.01. The molecule has 0 bridgehead atoms. The van der Waals surface area contributed by atoms with Crippen LogP contribution in [0.3, 0.4) is 0 Å². The fraction of sp³-hybridized carbons (Fsp3) is 0.500. The summed E-state index contributed by atoms with van der Waals surface area (Å²) in [4.78, 5) is 19.6. The van der Waals surface area contributed by atoms with Gasteiger partial charge in [0.05, 0.1) is 18.7 Å². The van der Waals surface area contributed by atoms with Crippen LogP contribution in [0.4, 0.5) is 5.82 Å². The maximum Gasteiger partial charge on any atom is 0.231 e. The van der Waals surface area contributed by atoms with Gasteiger partial charge in [-0.05, 0) is 12.8 Å². The highest BCUT2D eigenvalue weighted by Crippen LogP contribution is 2.15. The number of hydrogen-bond acceptors (Lipinski definition) is 4. The standard InChI is InChI=1S/C10H13N3O2/c14-10(8-2-1-5-15-7-8)13-9-6-11-3-4-12-9/h3-4,6,8H,1-2,5,7H2,(H,12,13,14)/t8-/m1/s1. The molecule has 0 aromatic carbocycles. The molecule has 1 saturated heterocycles. The SMILES string of the molecule is O=C(Nc1cnccn1)[C@@H]1CCCOC1. The largest absolute Gasteiger partial charge is 0.381 e. The summed E-state index contributed by atoms with van der Waals surface area (Å²) in [6.45, 7) is 1.26. The molecule has 0 saturated carbocycles. The Morgan fingerprint density at radius 1 is 1.53 bits per heavy atom. The van der Waals surface area contributed by atoms with E-state index in [2.05, 4.69) is 15.3 Å². The fourth-order valence-electron chi connectivity index (χ4n) is 1.54. The van der Waals surface area contributed by atoms with Crippen LogP contribution in [0, 0.1) is 5.92 Å². The van der Waals surface area contributed by atoms with Crippen molar-refractivity contribution >= 4 is 11.7 Å². The summed E-state index contributed by atoms with van der Waals surface area (Å²) in [6, 6.07) is 0. The average molecular weight is 207 g/mol. The molecule has 15 heavy (non-hydrogen) atoms. The van der Waals surface area contributed by atoms with Gasteiger partial charge in [-0.25, -0.2) is 4.98 Å². The quantitative estimate of drug-likeness (QED) is 0.780. The summed E-state index contributed by atoms with van der Waals surface area (Å²) in [5.74, 6) is 0.407. The molecular weight excluding hydrogens is 194 g/mol. The smallest absolute Gasteiger partial charge is 0.231 e. The van der Waals surface area contributed by atoms with Gasteiger partial charge < -0.3 is 10.1 Å². The molecule has 0 aliphatic carbocycles. The lowest BCUT2D eigenvalue weighted by molar-refractivity contribution is -0.123. The zero-order valence-electron chi connectivity index (χ0n) is 8.35. The van der Waals surface area contributed by atoms with Gasteiger partial charge in [-0.15, -0.1) is 0 Å². The third-order valence-electron chi connectivity index (χ3n) is 2.35. The number of ether oxygens (including phenoxy) is 1. The molecule has 1 fully saturated rings. The Kier molecular flexibility index (Phi) is 3.24. The first-order chi connectivity index (χ1) is 7.36. The van der Waals surface area contributed by atoms with Crippen molar-refractivity contribution in [2.75, 3.05) is 18.5 Å². The molecule has 2 heterocycles. The van der Waals surface area contributed by atoms with Crippen molar-refractivity contribution in [3.05, 3.63) is 18.6 Å². The van der Waals surface area contributed by atoms with Crippen LogP contribution in [0.25, 0.3) is 0 Å². The van der Waals surface area contributed by atoms with Crippen molar-refractivity contribution < 1.29 is 9.53 Å². The molecule has 1 amide bonds. The number of carbonyl (C=O) groups excluding carboxylic acids is 1. The summed E-state index contributed by atoms with van der Waals surface area (Å²) < 4.78 is 5.24. The first-order valence-corrected chi connectivity index (χ1v) is 5.01. The van der Waals surface area contributed by atoms with Gasteiger partial charge in [-0.2, -0.15) is 0 Å². The van der Waals surface area contributed by atoms with E-state index in [9.17, 15) is 4.79 Å². The highest BCUT2D eigenvalue weighted by atomic mass is 16.5. The van der Waals surface area contributed by atoms with Crippen LogP contribution < -0.4 is 5.32 Å². The molecule has 0 unspecified atom stereocenters. The van der Waals surface area contributed by atoms with Crippen LogP contribution in [-0.4, -0.2) is 29.1 Å². The second-order valence-electron chi connectivity index (χ2n) is 3.49. The van der Waals surface area contributed by atoms with E-state index >= 15 is 0 Å². The minimum absolute atomic E-state index is 0.0322. The van der Waals surface area contributed by atoms with Crippen LogP contribution in [-0.2, 0) is 9.53 Å². The first kappa shape index (κ1) is 10.0. The molecule has 5 nitrogen and oxygen atoms in total. The van der Waals surface area contributed by atoms with E-state index < -0.39 is 0 Å². The number of anilines is 1. The van der Waals surface area contributed by atoms with Crippen LogP contribution in [0.1, 0.15) is 12.8 Å². The lowest BCUT2D eigenvalue weighted by Crippen LogP contribution is -2.30. The Hall–Kier alpha value is -1.49. The van der Waals surface area contributed by atoms with Gasteiger partial charge in [0, 0.05) is 19.0 Å². The average Bonchev–Trinajstić information content (AvgIpc) is 2.31. The monoisotopic (exact) mass is 207 g/mol. The topological polar surface area (TPSA) is 64.1 Å². The number of rotatable bonds is 2. The molecule has 1 N–H and O–H groups in total. The Morgan fingerprint density at radius 2 is 2.47 bits per heavy atom. The second-order valence-corrected chi connectivity index (χ2v) is 3.49. The van der Waals surface area contributed by atoms with Gasteiger partial charge in [-0.3, -0.25) is 9.78 Å². The maximum atomic E-state index is 11.7. The van der Waals surface area contributed by atoms with Gasteiger partial charge >= 0.3 is 0 Å². The molecular formula is C10H13N3O2. The molecule has 2 rings (SSSR count). The Morgan fingerprint density at radius 3 is 3.13 bits per heavy atom. The van der Waals surface area contributed by atoms with Crippen LogP contribution in [0.5, 0.6) is 0 Å². The zero-order valence-corrected chi connectivity index (χ0v) is 8.35. The van der Waals surface area contributed by atoms with Gasteiger partial charge in [0.25, 0.3) is 0 Å². The van der Waals surface area contributed by atoms with Gasteiger partial charge in [0.15, 0.2) is 5.82 Å².